The second kappa shape index (κ2) is 17.7. The van der Waals surface area contributed by atoms with Crippen molar-refractivity contribution < 1.29 is 38.4 Å². The third kappa shape index (κ3) is 9.86. The van der Waals surface area contributed by atoms with Gasteiger partial charge in [0.1, 0.15) is 0 Å². The monoisotopic (exact) mass is 614 g/mol. The molecule has 0 aliphatic carbocycles. The van der Waals surface area contributed by atoms with E-state index >= 15 is 0 Å². The molecule has 1 unspecified atom stereocenters. The number of aliphatic carboxylic acids is 1. The van der Waals surface area contributed by atoms with E-state index in [1.807, 2.05) is 99.0 Å². The van der Waals surface area contributed by atoms with Crippen molar-refractivity contribution in [2.24, 2.45) is 0 Å². The predicted octanol–water partition coefficient (Wildman–Crippen LogP) is 3.46. The van der Waals surface area contributed by atoms with Crippen molar-refractivity contribution in [2.45, 2.75) is 52.2 Å². The van der Waals surface area contributed by atoms with Crippen LogP contribution in [0.25, 0.3) is 11.1 Å². The normalized spacial score (nSPS) is 11.3. The van der Waals surface area contributed by atoms with E-state index in [0.717, 1.165) is 39.9 Å². The number of anilines is 1. The third-order valence-electron chi connectivity index (χ3n) is 7.59. The molecule has 0 heterocycles. The van der Waals surface area contributed by atoms with Gasteiger partial charge in [0.2, 0.25) is 0 Å². The number of amides is 1. The summed E-state index contributed by atoms with van der Waals surface area (Å²) in [7, 11) is 0. The molecule has 4 aromatic rings. The number of rotatable bonds is 15. The van der Waals surface area contributed by atoms with Crippen molar-refractivity contribution in [3.05, 3.63) is 125 Å². The Hall–Kier alpha value is -3.76. The zero-order valence-electron chi connectivity index (χ0n) is 26.5. The summed E-state index contributed by atoms with van der Waals surface area (Å²) in [5, 5.41) is 14.5. The first-order valence-electron chi connectivity index (χ1n) is 14.9. The van der Waals surface area contributed by atoms with Crippen molar-refractivity contribution in [3.8, 4) is 11.1 Å². The van der Waals surface area contributed by atoms with Crippen LogP contribution in [0, 0.1) is 6.92 Å². The summed E-state index contributed by atoms with van der Waals surface area (Å²) in [6.45, 7) is 5.19. The molecular formula is C37H39LiN2O4S. The molecule has 1 amide bonds. The van der Waals surface area contributed by atoms with Gasteiger partial charge in [-0.15, -0.1) is 0 Å². The van der Waals surface area contributed by atoms with E-state index in [-0.39, 0.29) is 31.1 Å². The van der Waals surface area contributed by atoms with Crippen LogP contribution >= 0.6 is 11.8 Å². The average molecular weight is 615 g/mol. The quantitative estimate of drug-likeness (QED) is 0.163. The number of Topliss-reactive ketones (excluding diaryl/α,β-unsaturated/α-hetero) is 1. The summed E-state index contributed by atoms with van der Waals surface area (Å²) < 4.78 is 0. The predicted molar refractivity (Wildman–Crippen MR) is 178 cm³/mol. The maximum Gasteiger partial charge on any atom is 1.00 e. The molecule has 4 aromatic carbocycles. The number of thioether (sulfide) groups is 1. The van der Waals surface area contributed by atoms with Gasteiger partial charge >= 0.3 is 18.9 Å². The van der Waals surface area contributed by atoms with E-state index < -0.39 is 17.9 Å². The molecule has 228 valence electrons. The molecule has 0 aromatic heterocycles. The standard InChI is InChI=1S/C37H40N2O4S.Li/c1-4-10-35(40)29-16-18-30(19-17-29)39(24-27-12-6-5-7-13-27)25-28-15-20-32(33(23-28)31-14-9-8-11-26(31)2)36(41)38-34(37(42)43)21-22-44-3;/h5-9,11-20,23,34H,4,10,21-22,24-25H2,1-3H3,(H,38,41)(H,42,43);/q;+1/p-1. The molecular weight excluding hydrogens is 575 g/mol. The Bertz CT molecular complexity index is 1580. The maximum atomic E-state index is 13.5. The largest absolute Gasteiger partial charge is 1.00 e. The number of aryl methyl sites for hydroxylation is 1. The molecule has 45 heavy (non-hydrogen) atoms. The van der Waals surface area contributed by atoms with E-state index in [0.29, 0.717) is 36.4 Å². The molecule has 1 atom stereocenters. The molecule has 0 aliphatic rings. The van der Waals surface area contributed by atoms with Crippen molar-refractivity contribution >= 4 is 35.1 Å². The molecule has 0 radical (unpaired) electrons. The number of benzene rings is 4. The Balaban J connectivity index is 0.00000552. The van der Waals surface area contributed by atoms with Crippen molar-refractivity contribution in [2.75, 3.05) is 16.9 Å². The summed E-state index contributed by atoms with van der Waals surface area (Å²) in [6, 6.07) is 30.5. The number of carbonyl (C=O) groups is 3. The summed E-state index contributed by atoms with van der Waals surface area (Å²) >= 11 is 1.52. The topological polar surface area (TPSA) is 89.5 Å². The zero-order valence-corrected chi connectivity index (χ0v) is 27.4. The molecule has 0 fully saturated rings. The van der Waals surface area contributed by atoms with Gasteiger partial charge in [-0.2, -0.15) is 11.8 Å². The summed E-state index contributed by atoms with van der Waals surface area (Å²) in [5.41, 5.74) is 6.87. The van der Waals surface area contributed by atoms with Gasteiger partial charge in [-0.3, -0.25) is 9.59 Å². The molecule has 0 spiro atoms. The number of nitrogens with one attached hydrogen (secondary N) is 1. The molecule has 0 saturated heterocycles. The van der Waals surface area contributed by atoms with Crippen LogP contribution in [0.5, 0.6) is 0 Å². The second-order valence-corrected chi connectivity index (χ2v) is 11.9. The molecule has 8 heteroatoms. The smallest absolute Gasteiger partial charge is 0.548 e. The fraction of sp³-hybridized carbons (Fsp3) is 0.270. The summed E-state index contributed by atoms with van der Waals surface area (Å²) in [4.78, 5) is 40.0. The first-order chi connectivity index (χ1) is 21.3. The van der Waals surface area contributed by atoms with Gasteiger partial charge < -0.3 is 20.1 Å². The Labute approximate surface area is 282 Å². The van der Waals surface area contributed by atoms with Gasteiger partial charge in [-0.05, 0) is 96.0 Å². The third-order valence-corrected chi connectivity index (χ3v) is 8.23. The van der Waals surface area contributed by atoms with Crippen LogP contribution in [0.4, 0.5) is 5.69 Å². The molecule has 4 rings (SSSR count). The van der Waals surface area contributed by atoms with Gasteiger partial charge in [-0.25, -0.2) is 0 Å². The van der Waals surface area contributed by atoms with Gasteiger partial charge in [0, 0.05) is 36.3 Å². The van der Waals surface area contributed by atoms with Crippen LogP contribution in [0.3, 0.4) is 0 Å². The number of ketones is 1. The van der Waals surface area contributed by atoms with E-state index in [4.69, 9.17) is 0 Å². The van der Waals surface area contributed by atoms with Crippen LogP contribution in [-0.2, 0) is 17.9 Å². The van der Waals surface area contributed by atoms with Crippen LogP contribution in [-0.4, -0.2) is 35.7 Å². The fourth-order valence-corrected chi connectivity index (χ4v) is 5.67. The fourth-order valence-electron chi connectivity index (χ4n) is 5.20. The molecule has 0 bridgehead atoms. The first-order valence-corrected chi connectivity index (χ1v) is 16.3. The number of carboxylic acid groups (broad SMARTS) is 1. The minimum absolute atomic E-state index is 0. The average Bonchev–Trinajstić information content (AvgIpc) is 3.03. The SMILES string of the molecule is CCCC(=O)c1ccc(N(Cc2ccccc2)Cc2ccc(C(=O)NC(CCSC)C(=O)[O-])c(-c3ccccc3C)c2)cc1.[Li+]. The van der Waals surface area contributed by atoms with Crippen molar-refractivity contribution in [1.82, 2.24) is 5.32 Å². The van der Waals surface area contributed by atoms with E-state index in [9.17, 15) is 19.5 Å². The zero-order chi connectivity index (χ0) is 31.5. The van der Waals surface area contributed by atoms with Gasteiger partial charge in [0.25, 0.3) is 5.91 Å². The van der Waals surface area contributed by atoms with Gasteiger partial charge in [0.15, 0.2) is 5.78 Å². The van der Waals surface area contributed by atoms with Crippen molar-refractivity contribution in [3.63, 3.8) is 0 Å². The molecule has 6 nitrogen and oxygen atoms in total. The number of nitrogens with zero attached hydrogens (tertiary/aromatic N) is 1. The van der Waals surface area contributed by atoms with Crippen LogP contribution in [0.1, 0.15) is 63.6 Å². The van der Waals surface area contributed by atoms with Crippen LogP contribution in [0.2, 0.25) is 0 Å². The number of hydrogen-bond acceptors (Lipinski definition) is 6. The minimum Gasteiger partial charge on any atom is -0.548 e. The number of hydrogen-bond donors (Lipinski definition) is 1. The Morgan fingerprint density at radius 1 is 0.844 bits per heavy atom. The van der Waals surface area contributed by atoms with E-state index in [1.54, 1.807) is 6.07 Å². The Morgan fingerprint density at radius 3 is 2.16 bits per heavy atom. The molecule has 1 N–H and O–H groups in total. The second-order valence-electron chi connectivity index (χ2n) is 10.9. The molecule has 0 aliphatic heterocycles. The number of carbonyl (C=O) groups excluding carboxylic acids is 3. The minimum atomic E-state index is -1.29. The Morgan fingerprint density at radius 2 is 1.51 bits per heavy atom. The summed E-state index contributed by atoms with van der Waals surface area (Å²) in [5.74, 6) is -1.01. The van der Waals surface area contributed by atoms with Gasteiger partial charge in [-0.1, -0.05) is 67.6 Å². The van der Waals surface area contributed by atoms with Gasteiger partial charge in [0.05, 0.1) is 12.0 Å². The number of carboxylic acids is 1. The van der Waals surface area contributed by atoms with E-state index in [1.165, 1.54) is 11.8 Å². The van der Waals surface area contributed by atoms with Crippen LogP contribution in [0.15, 0.2) is 97.1 Å². The first kappa shape index (κ1) is 35.7. The Kier molecular flexibility index (Phi) is 14.0. The molecule has 0 saturated carbocycles. The van der Waals surface area contributed by atoms with E-state index in [2.05, 4.69) is 22.3 Å². The summed E-state index contributed by atoms with van der Waals surface area (Å²) in [6.07, 6.45) is 3.51. The maximum absolute atomic E-state index is 13.5. The van der Waals surface area contributed by atoms with Crippen molar-refractivity contribution in [1.29, 1.82) is 0 Å². The van der Waals surface area contributed by atoms with Crippen LogP contribution < -0.4 is 34.2 Å².